The Morgan fingerprint density at radius 2 is 2.15 bits per heavy atom. The monoisotopic (exact) mass is 388 g/mol. The van der Waals surface area contributed by atoms with Crippen molar-refractivity contribution in [2.75, 3.05) is 5.75 Å². The second-order valence-corrected chi connectivity index (χ2v) is 8.75. The predicted molar refractivity (Wildman–Crippen MR) is 109 cm³/mol. The molecule has 27 heavy (non-hydrogen) atoms. The van der Waals surface area contributed by atoms with Gasteiger partial charge >= 0.3 is 0 Å². The van der Waals surface area contributed by atoms with Crippen molar-refractivity contribution in [3.63, 3.8) is 0 Å². The van der Waals surface area contributed by atoms with E-state index in [1.807, 2.05) is 0 Å². The average Bonchev–Trinajstić information content (AvgIpc) is 2.64. The molecule has 1 aliphatic carbocycles. The van der Waals surface area contributed by atoms with Gasteiger partial charge in [-0.1, -0.05) is 45.4 Å². The number of pyridine rings is 1. The van der Waals surface area contributed by atoms with Crippen LogP contribution in [0.3, 0.4) is 0 Å². The number of hydrogen-bond donors (Lipinski definition) is 1. The molecule has 0 saturated heterocycles. The maximum absolute atomic E-state index is 12.9. The van der Waals surface area contributed by atoms with Crippen LogP contribution in [-0.4, -0.2) is 32.2 Å². The van der Waals surface area contributed by atoms with E-state index in [0.717, 1.165) is 6.42 Å². The van der Waals surface area contributed by atoms with Gasteiger partial charge in [-0.05, 0) is 36.8 Å². The Hall–Kier alpha value is -1.89. The Kier molecular flexibility index (Phi) is 6.52. The molecule has 2 atom stereocenters. The van der Waals surface area contributed by atoms with E-state index in [1.165, 1.54) is 31.0 Å². The minimum atomic E-state index is -0.0920. The molecular weight excluding hydrogens is 360 g/mol. The standard InChI is InChI=1S/C20H28N4O2S/c1-13(2)11-24-19(26)15-8-6-10-21-18(15)23-20(24)27-12-17(25)22-16-9-5-4-7-14(16)3/h6,8,10,13-14,16H,4-5,7,9,11-12H2,1-3H3,(H,22,25)/t14-,16-/m1/s1. The lowest BCUT2D eigenvalue weighted by molar-refractivity contribution is -0.119. The van der Waals surface area contributed by atoms with Crippen molar-refractivity contribution < 1.29 is 4.79 Å². The van der Waals surface area contributed by atoms with Crippen LogP contribution in [0, 0.1) is 11.8 Å². The molecule has 7 heteroatoms. The van der Waals surface area contributed by atoms with Crippen LogP contribution in [0.25, 0.3) is 11.0 Å². The summed E-state index contributed by atoms with van der Waals surface area (Å²) in [5.41, 5.74) is 0.344. The van der Waals surface area contributed by atoms with Gasteiger partial charge in [0.15, 0.2) is 10.8 Å². The van der Waals surface area contributed by atoms with Gasteiger partial charge in [-0.25, -0.2) is 9.97 Å². The zero-order valence-corrected chi connectivity index (χ0v) is 17.1. The number of rotatable bonds is 6. The highest BCUT2D eigenvalue weighted by Gasteiger charge is 2.23. The van der Waals surface area contributed by atoms with Gasteiger partial charge in [-0.2, -0.15) is 0 Å². The Bertz CT molecular complexity index is 865. The first kappa shape index (κ1) is 19.9. The maximum atomic E-state index is 12.9. The third-order valence-corrected chi connectivity index (χ3v) is 6.01. The number of nitrogens with one attached hydrogen (secondary N) is 1. The number of amides is 1. The summed E-state index contributed by atoms with van der Waals surface area (Å²) in [5, 5.41) is 4.24. The van der Waals surface area contributed by atoms with Gasteiger partial charge in [0, 0.05) is 18.8 Å². The summed E-state index contributed by atoms with van der Waals surface area (Å²) in [7, 11) is 0. The average molecular weight is 389 g/mol. The van der Waals surface area contributed by atoms with Crippen molar-refractivity contribution in [2.45, 2.75) is 64.2 Å². The first-order chi connectivity index (χ1) is 13.0. The van der Waals surface area contributed by atoms with Gasteiger partial charge in [-0.15, -0.1) is 0 Å². The van der Waals surface area contributed by atoms with Crippen LogP contribution in [0.1, 0.15) is 46.5 Å². The van der Waals surface area contributed by atoms with Crippen LogP contribution in [0.4, 0.5) is 0 Å². The first-order valence-corrected chi connectivity index (χ1v) is 10.7. The molecule has 1 aliphatic rings. The normalized spacial score (nSPS) is 20.1. The van der Waals surface area contributed by atoms with Gasteiger partial charge < -0.3 is 5.32 Å². The molecule has 1 N–H and O–H groups in total. The van der Waals surface area contributed by atoms with Crippen LogP contribution < -0.4 is 10.9 Å². The van der Waals surface area contributed by atoms with E-state index < -0.39 is 0 Å². The molecule has 1 saturated carbocycles. The minimum Gasteiger partial charge on any atom is -0.352 e. The molecular formula is C20H28N4O2S. The van der Waals surface area contributed by atoms with Crippen LogP contribution >= 0.6 is 11.8 Å². The van der Waals surface area contributed by atoms with E-state index in [1.54, 1.807) is 22.9 Å². The number of carbonyl (C=O) groups is 1. The zero-order chi connectivity index (χ0) is 19.4. The molecule has 2 aromatic rings. The maximum Gasteiger partial charge on any atom is 0.263 e. The molecule has 2 heterocycles. The number of carbonyl (C=O) groups excluding carboxylic acids is 1. The Morgan fingerprint density at radius 3 is 2.89 bits per heavy atom. The second-order valence-electron chi connectivity index (χ2n) is 7.80. The molecule has 0 radical (unpaired) electrons. The number of hydrogen-bond acceptors (Lipinski definition) is 5. The lowest BCUT2D eigenvalue weighted by atomic mass is 9.86. The predicted octanol–water partition coefficient (Wildman–Crippen LogP) is 3.23. The number of aromatic nitrogens is 3. The molecule has 0 aliphatic heterocycles. The summed E-state index contributed by atoms with van der Waals surface area (Å²) in [5.74, 6) is 1.08. The summed E-state index contributed by atoms with van der Waals surface area (Å²) in [6, 6.07) is 3.76. The van der Waals surface area contributed by atoms with Gasteiger partial charge in [0.05, 0.1) is 11.1 Å². The first-order valence-electron chi connectivity index (χ1n) is 9.73. The van der Waals surface area contributed by atoms with Crippen molar-refractivity contribution in [3.05, 3.63) is 28.7 Å². The molecule has 146 valence electrons. The SMILES string of the molecule is CC(C)Cn1c(SCC(=O)N[C@@H]2CCCC[C@H]2C)nc2ncccc2c1=O. The Morgan fingerprint density at radius 1 is 1.37 bits per heavy atom. The molecule has 2 aromatic heterocycles. The van der Waals surface area contributed by atoms with E-state index in [-0.39, 0.29) is 23.3 Å². The minimum absolute atomic E-state index is 0.00483. The van der Waals surface area contributed by atoms with E-state index in [4.69, 9.17) is 0 Å². The summed E-state index contributed by atoms with van der Waals surface area (Å²) in [4.78, 5) is 34.1. The fourth-order valence-corrected chi connectivity index (χ4v) is 4.39. The van der Waals surface area contributed by atoms with E-state index in [0.29, 0.717) is 34.6 Å². The Balaban J connectivity index is 1.76. The van der Waals surface area contributed by atoms with E-state index >= 15 is 0 Å². The smallest absolute Gasteiger partial charge is 0.263 e. The topological polar surface area (TPSA) is 76.9 Å². The molecule has 1 fully saturated rings. The van der Waals surface area contributed by atoms with Crippen molar-refractivity contribution >= 4 is 28.7 Å². The molecule has 0 spiro atoms. The molecule has 6 nitrogen and oxygen atoms in total. The Labute approximate surface area is 164 Å². The van der Waals surface area contributed by atoms with Crippen LogP contribution in [-0.2, 0) is 11.3 Å². The van der Waals surface area contributed by atoms with Crippen molar-refractivity contribution in [3.8, 4) is 0 Å². The highest BCUT2D eigenvalue weighted by atomic mass is 32.2. The molecule has 3 rings (SSSR count). The summed E-state index contributed by atoms with van der Waals surface area (Å²) in [6.07, 6.45) is 6.27. The van der Waals surface area contributed by atoms with Gasteiger partial charge in [0.1, 0.15) is 0 Å². The summed E-state index contributed by atoms with van der Waals surface area (Å²) in [6.45, 7) is 6.89. The molecule has 0 aromatic carbocycles. The third kappa shape index (κ3) is 4.89. The van der Waals surface area contributed by atoms with E-state index in [2.05, 4.69) is 36.1 Å². The summed E-state index contributed by atoms with van der Waals surface area (Å²) < 4.78 is 1.68. The quantitative estimate of drug-likeness (QED) is 0.607. The number of fused-ring (bicyclic) bond motifs is 1. The highest BCUT2D eigenvalue weighted by molar-refractivity contribution is 7.99. The van der Waals surface area contributed by atoms with Crippen molar-refractivity contribution in [1.29, 1.82) is 0 Å². The van der Waals surface area contributed by atoms with Gasteiger partial charge in [-0.3, -0.25) is 14.2 Å². The van der Waals surface area contributed by atoms with Crippen molar-refractivity contribution in [1.82, 2.24) is 19.9 Å². The fraction of sp³-hybridized carbons (Fsp3) is 0.600. The van der Waals surface area contributed by atoms with Crippen LogP contribution in [0.15, 0.2) is 28.3 Å². The largest absolute Gasteiger partial charge is 0.352 e. The molecule has 0 unspecified atom stereocenters. The van der Waals surface area contributed by atoms with Crippen LogP contribution in [0.2, 0.25) is 0 Å². The van der Waals surface area contributed by atoms with Crippen LogP contribution in [0.5, 0.6) is 0 Å². The summed E-state index contributed by atoms with van der Waals surface area (Å²) >= 11 is 1.32. The second kappa shape index (κ2) is 8.87. The van der Waals surface area contributed by atoms with Gasteiger partial charge in [0.25, 0.3) is 5.56 Å². The van der Waals surface area contributed by atoms with Gasteiger partial charge in [0.2, 0.25) is 5.91 Å². The number of thioether (sulfide) groups is 1. The lowest BCUT2D eigenvalue weighted by Crippen LogP contribution is -2.42. The fourth-order valence-electron chi connectivity index (χ4n) is 3.58. The third-order valence-electron chi connectivity index (χ3n) is 5.03. The zero-order valence-electron chi connectivity index (χ0n) is 16.3. The number of nitrogens with zero attached hydrogens (tertiary/aromatic N) is 3. The lowest BCUT2D eigenvalue weighted by Gasteiger charge is -2.29. The molecule has 1 amide bonds. The van der Waals surface area contributed by atoms with Crippen molar-refractivity contribution in [2.24, 2.45) is 11.8 Å². The highest BCUT2D eigenvalue weighted by Crippen LogP contribution is 2.24. The molecule has 0 bridgehead atoms. The van der Waals surface area contributed by atoms with E-state index in [9.17, 15) is 9.59 Å².